The Hall–Kier alpha value is -3.17. The quantitative estimate of drug-likeness (QED) is 0.121. The van der Waals surface area contributed by atoms with Crippen LogP contribution in [-0.2, 0) is 25.1 Å². The smallest absolute Gasteiger partial charge is 0.416 e. The molecule has 1 atom stereocenters. The molecular formula is C23H27F5N4O6. The summed E-state index contributed by atoms with van der Waals surface area (Å²) in [4.78, 5) is 13.6. The van der Waals surface area contributed by atoms with Gasteiger partial charge in [0.15, 0.2) is 5.79 Å². The first-order valence-electron chi connectivity index (χ1n) is 11.7. The van der Waals surface area contributed by atoms with Crippen LogP contribution in [-0.4, -0.2) is 76.7 Å². The molecule has 15 heteroatoms. The summed E-state index contributed by atoms with van der Waals surface area (Å²) in [6.07, 6.45) is -5.39. The van der Waals surface area contributed by atoms with Crippen molar-refractivity contribution in [3.63, 3.8) is 0 Å². The maximum atomic E-state index is 15.8. The Morgan fingerprint density at radius 3 is 2.66 bits per heavy atom. The van der Waals surface area contributed by atoms with Gasteiger partial charge in [0.25, 0.3) is 5.92 Å². The van der Waals surface area contributed by atoms with Gasteiger partial charge in [-0.1, -0.05) is 0 Å². The third-order valence-electron chi connectivity index (χ3n) is 6.32. The van der Waals surface area contributed by atoms with E-state index in [1.165, 1.54) is 0 Å². The van der Waals surface area contributed by atoms with Crippen LogP contribution in [0.5, 0.6) is 0 Å². The van der Waals surface area contributed by atoms with E-state index in [1.807, 2.05) is 0 Å². The Labute approximate surface area is 213 Å². The SMILES string of the molecule is COC(=O)c1oc2ccc(C(F)(F)F)cc2c1N(CCNN=CN)CC(F)(F)C1CC2(CCO1)OCCO2. The number of benzene rings is 1. The van der Waals surface area contributed by atoms with Crippen LogP contribution >= 0.6 is 0 Å². The van der Waals surface area contributed by atoms with Gasteiger partial charge in [-0.2, -0.15) is 18.3 Å². The second-order valence-electron chi connectivity index (χ2n) is 8.77. The van der Waals surface area contributed by atoms with Crippen molar-refractivity contribution in [1.82, 2.24) is 5.43 Å². The number of carbonyl (C=O) groups excluding carboxylic acids is 1. The summed E-state index contributed by atoms with van der Waals surface area (Å²) in [7, 11) is 1.04. The number of ether oxygens (including phenoxy) is 4. The van der Waals surface area contributed by atoms with Crippen LogP contribution in [0.25, 0.3) is 11.0 Å². The number of halogens is 5. The van der Waals surface area contributed by atoms with Gasteiger partial charge in [0.2, 0.25) is 5.76 Å². The number of esters is 1. The molecule has 0 amide bonds. The monoisotopic (exact) mass is 550 g/mol. The minimum absolute atomic E-state index is 0.0377. The van der Waals surface area contributed by atoms with E-state index in [0.717, 1.165) is 36.5 Å². The highest BCUT2D eigenvalue weighted by atomic mass is 19.4. The fourth-order valence-corrected chi connectivity index (χ4v) is 4.56. The highest BCUT2D eigenvalue weighted by molar-refractivity contribution is 6.04. The van der Waals surface area contributed by atoms with E-state index in [9.17, 15) is 18.0 Å². The first-order chi connectivity index (χ1) is 18.0. The van der Waals surface area contributed by atoms with Crippen molar-refractivity contribution in [3.8, 4) is 0 Å². The molecule has 38 heavy (non-hydrogen) atoms. The van der Waals surface area contributed by atoms with Crippen LogP contribution in [0, 0.1) is 0 Å². The van der Waals surface area contributed by atoms with E-state index >= 15 is 8.78 Å². The zero-order valence-electron chi connectivity index (χ0n) is 20.4. The molecule has 2 aromatic rings. The number of hydrogen-bond donors (Lipinski definition) is 2. The summed E-state index contributed by atoms with van der Waals surface area (Å²) in [5, 5.41) is 3.42. The first kappa shape index (κ1) is 27.9. The average Bonchev–Trinajstić information content (AvgIpc) is 3.49. The van der Waals surface area contributed by atoms with E-state index in [4.69, 9.17) is 29.1 Å². The Morgan fingerprint density at radius 2 is 2.00 bits per heavy atom. The minimum atomic E-state index is -4.73. The molecule has 10 nitrogen and oxygen atoms in total. The number of carbonyl (C=O) groups is 1. The number of rotatable bonds is 9. The van der Waals surface area contributed by atoms with Gasteiger partial charge < -0.3 is 39.4 Å². The predicted molar refractivity (Wildman–Crippen MR) is 124 cm³/mol. The van der Waals surface area contributed by atoms with Crippen LogP contribution < -0.4 is 16.1 Å². The lowest BCUT2D eigenvalue weighted by Crippen LogP contribution is -2.53. The standard InChI is InChI=1S/C23H27F5N4O6/c1-34-20(33)19-18(15-10-14(23(26,27)28)2-3-16(15)38-19)32(6-5-30-31-13-29)12-22(24,25)17-11-21(4-7-35-17)36-8-9-37-21/h2-3,10,13,17,30H,4-9,11-12H2,1H3,(H2,29,31). The third-order valence-corrected chi connectivity index (χ3v) is 6.32. The molecular weight excluding hydrogens is 523 g/mol. The largest absolute Gasteiger partial charge is 0.463 e. The Kier molecular flexibility index (Phi) is 7.99. The fraction of sp³-hybridized carbons (Fsp3) is 0.565. The van der Waals surface area contributed by atoms with Crippen molar-refractivity contribution in [3.05, 3.63) is 29.5 Å². The molecule has 2 aliphatic heterocycles. The zero-order chi connectivity index (χ0) is 27.6. The van der Waals surface area contributed by atoms with Gasteiger partial charge in [-0.3, -0.25) is 0 Å². The predicted octanol–water partition coefficient (Wildman–Crippen LogP) is 3.09. The van der Waals surface area contributed by atoms with Crippen molar-refractivity contribution in [2.75, 3.05) is 51.5 Å². The Morgan fingerprint density at radius 1 is 1.26 bits per heavy atom. The van der Waals surface area contributed by atoms with Gasteiger partial charge in [0.1, 0.15) is 18.0 Å². The lowest BCUT2D eigenvalue weighted by atomic mass is 9.97. The van der Waals surface area contributed by atoms with Crippen LogP contribution in [0.2, 0.25) is 0 Å². The maximum Gasteiger partial charge on any atom is 0.416 e. The van der Waals surface area contributed by atoms with Crippen molar-refractivity contribution < 1.29 is 50.1 Å². The van der Waals surface area contributed by atoms with Crippen LogP contribution in [0.4, 0.5) is 27.6 Å². The molecule has 1 aromatic carbocycles. The van der Waals surface area contributed by atoms with Crippen LogP contribution in [0.1, 0.15) is 29.0 Å². The third kappa shape index (κ3) is 5.78. The molecule has 3 heterocycles. The van der Waals surface area contributed by atoms with Gasteiger partial charge in [0, 0.05) is 24.8 Å². The molecule has 0 saturated carbocycles. The van der Waals surface area contributed by atoms with Gasteiger partial charge in [-0.05, 0) is 18.2 Å². The second kappa shape index (κ2) is 10.9. The van der Waals surface area contributed by atoms with Gasteiger partial charge in [-0.15, -0.1) is 0 Å². The van der Waals surface area contributed by atoms with Gasteiger partial charge in [-0.25, -0.2) is 13.6 Å². The van der Waals surface area contributed by atoms with E-state index in [0.29, 0.717) is 0 Å². The molecule has 2 aliphatic rings. The fourth-order valence-electron chi connectivity index (χ4n) is 4.56. The Balaban J connectivity index is 1.74. The number of anilines is 1. The minimum Gasteiger partial charge on any atom is -0.463 e. The molecule has 2 fully saturated rings. The summed E-state index contributed by atoms with van der Waals surface area (Å²) in [5.74, 6) is -6.32. The zero-order valence-corrected chi connectivity index (χ0v) is 20.4. The molecule has 4 rings (SSSR count). The molecule has 3 N–H and O–H groups in total. The average molecular weight is 550 g/mol. The number of furan rings is 1. The second-order valence-corrected chi connectivity index (χ2v) is 8.77. The number of nitrogens with zero attached hydrogens (tertiary/aromatic N) is 2. The molecule has 2 saturated heterocycles. The van der Waals surface area contributed by atoms with E-state index in [1.54, 1.807) is 0 Å². The number of fused-ring (bicyclic) bond motifs is 1. The van der Waals surface area contributed by atoms with Crippen molar-refractivity contribution in [2.45, 2.75) is 36.8 Å². The highest BCUT2D eigenvalue weighted by Gasteiger charge is 2.52. The van der Waals surface area contributed by atoms with Crippen molar-refractivity contribution in [2.24, 2.45) is 10.8 Å². The summed E-state index contributed by atoms with van der Waals surface area (Å²) in [6, 6.07) is 2.53. The molecule has 1 unspecified atom stereocenters. The lowest BCUT2D eigenvalue weighted by Gasteiger charge is -2.40. The van der Waals surface area contributed by atoms with Crippen molar-refractivity contribution in [1.29, 1.82) is 0 Å². The molecule has 210 valence electrons. The topological polar surface area (TPSA) is 121 Å². The van der Waals surface area contributed by atoms with Gasteiger partial charge >= 0.3 is 12.1 Å². The lowest BCUT2D eigenvalue weighted by molar-refractivity contribution is -0.255. The van der Waals surface area contributed by atoms with Crippen LogP contribution in [0.3, 0.4) is 0 Å². The number of alkyl halides is 5. The number of nitrogens with two attached hydrogens (primary N) is 1. The highest BCUT2D eigenvalue weighted by Crippen LogP contribution is 2.42. The number of methoxy groups -OCH3 is 1. The summed E-state index contributed by atoms with van der Waals surface area (Å²) in [6.45, 7) is -0.837. The number of nitrogens with one attached hydrogen (secondary N) is 1. The maximum absolute atomic E-state index is 15.8. The first-order valence-corrected chi connectivity index (χ1v) is 11.7. The molecule has 1 spiro atoms. The van der Waals surface area contributed by atoms with E-state index < -0.39 is 47.8 Å². The number of hydrazone groups is 1. The summed E-state index contributed by atoms with van der Waals surface area (Å²) >= 11 is 0. The summed E-state index contributed by atoms with van der Waals surface area (Å²) < 4.78 is 98.8. The van der Waals surface area contributed by atoms with Crippen molar-refractivity contribution >= 4 is 29.0 Å². The molecule has 0 aliphatic carbocycles. The Bertz CT molecular complexity index is 1170. The molecule has 0 radical (unpaired) electrons. The van der Waals surface area contributed by atoms with Gasteiger partial charge in [0.05, 0.1) is 51.3 Å². The normalized spacial score (nSPS) is 19.9. The van der Waals surface area contributed by atoms with E-state index in [-0.39, 0.29) is 62.4 Å². The van der Waals surface area contributed by atoms with E-state index in [2.05, 4.69) is 10.5 Å². The molecule has 0 bridgehead atoms. The molecule has 1 aromatic heterocycles. The van der Waals surface area contributed by atoms with Crippen LogP contribution in [0.15, 0.2) is 27.7 Å². The summed E-state index contributed by atoms with van der Waals surface area (Å²) in [5.41, 5.74) is 6.29. The number of hydrogen-bond acceptors (Lipinski definition) is 9.